The fourth-order valence-electron chi connectivity index (χ4n) is 2.65. The summed E-state index contributed by atoms with van der Waals surface area (Å²) < 4.78 is 5.88. The van der Waals surface area contributed by atoms with Crippen LogP contribution in [0.1, 0.15) is 47.7 Å². The van der Waals surface area contributed by atoms with Gasteiger partial charge >= 0.3 is 0 Å². The van der Waals surface area contributed by atoms with Crippen LogP contribution in [0.15, 0.2) is 24.7 Å². The molecule has 2 aromatic rings. The molecule has 7 heteroatoms. The van der Waals surface area contributed by atoms with Crippen LogP contribution in [0.2, 0.25) is 0 Å². The maximum atomic E-state index is 12.2. The van der Waals surface area contributed by atoms with Gasteiger partial charge in [0.25, 0.3) is 5.91 Å². The molecule has 2 atom stereocenters. The minimum atomic E-state index is -0.149. The van der Waals surface area contributed by atoms with E-state index >= 15 is 0 Å². The Morgan fingerprint density at radius 1 is 1.45 bits per heavy atom. The van der Waals surface area contributed by atoms with Crippen molar-refractivity contribution in [2.75, 3.05) is 6.54 Å². The number of aromatic nitrogens is 4. The third-order valence-electron chi connectivity index (χ3n) is 3.82. The molecule has 1 saturated heterocycles. The lowest BCUT2D eigenvalue weighted by Crippen LogP contribution is -2.33. The van der Waals surface area contributed by atoms with Crippen molar-refractivity contribution < 1.29 is 9.53 Å². The van der Waals surface area contributed by atoms with E-state index in [-0.39, 0.29) is 18.1 Å². The smallest absolute Gasteiger partial charge is 0.270 e. The highest BCUT2D eigenvalue weighted by Crippen LogP contribution is 2.29. The molecule has 3 heterocycles. The summed E-state index contributed by atoms with van der Waals surface area (Å²) in [5.41, 5.74) is 1.45. The Morgan fingerprint density at radius 3 is 3.14 bits per heavy atom. The molecule has 1 aliphatic heterocycles. The highest BCUT2D eigenvalue weighted by atomic mass is 16.5. The van der Waals surface area contributed by atoms with Gasteiger partial charge in [-0.1, -0.05) is 13.0 Å². The average Bonchev–Trinajstić information content (AvgIpc) is 3.23. The third kappa shape index (κ3) is 3.14. The summed E-state index contributed by atoms with van der Waals surface area (Å²) in [6.07, 6.45) is 5.58. The number of hydrogen-bond acceptors (Lipinski definition) is 5. The van der Waals surface area contributed by atoms with Crippen LogP contribution in [0.4, 0.5) is 0 Å². The second-order valence-electron chi connectivity index (χ2n) is 5.27. The number of hydrogen-bond donors (Lipinski definition) is 2. The number of aryl methyl sites for hydroxylation is 1. The molecule has 1 amide bonds. The Morgan fingerprint density at radius 2 is 2.36 bits per heavy atom. The third-order valence-corrected chi connectivity index (χ3v) is 3.82. The standard InChI is InChI=1S/C15H19N5O2/c1-2-10-4-3-7-16-13(10)15(21)17-8-11-5-6-12(22-11)14-18-9-19-20-14/h3-4,7,9,11-12H,2,5-6,8H2,1H3,(H,17,21)(H,18,19,20)/t11-,12+/m1/s1. The Hall–Kier alpha value is -2.28. The van der Waals surface area contributed by atoms with Crippen LogP contribution in [0.3, 0.4) is 0 Å². The molecule has 0 spiro atoms. The highest BCUT2D eigenvalue weighted by molar-refractivity contribution is 5.93. The molecule has 0 aromatic carbocycles. The van der Waals surface area contributed by atoms with E-state index in [2.05, 4.69) is 25.5 Å². The largest absolute Gasteiger partial charge is 0.365 e. The van der Waals surface area contributed by atoms with Crippen LogP contribution in [-0.2, 0) is 11.2 Å². The number of H-pyrrole nitrogens is 1. The first-order chi connectivity index (χ1) is 10.8. The van der Waals surface area contributed by atoms with Crippen molar-refractivity contribution in [2.24, 2.45) is 0 Å². The van der Waals surface area contributed by atoms with Crippen LogP contribution in [-0.4, -0.2) is 38.7 Å². The van der Waals surface area contributed by atoms with Crippen molar-refractivity contribution in [1.82, 2.24) is 25.5 Å². The van der Waals surface area contributed by atoms with Gasteiger partial charge in [0.15, 0.2) is 5.82 Å². The number of carbonyl (C=O) groups excluding carboxylic acids is 1. The van der Waals surface area contributed by atoms with Gasteiger partial charge in [-0.2, -0.15) is 5.10 Å². The Labute approximate surface area is 128 Å². The van der Waals surface area contributed by atoms with Gasteiger partial charge in [-0.05, 0) is 30.9 Å². The number of nitrogens with zero attached hydrogens (tertiary/aromatic N) is 3. The fourth-order valence-corrected chi connectivity index (χ4v) is 2.65. The number of carbonyl (C=O) groups is 1. The van der Waals surface area contributed by atoms with Gasteiger partial charge in [0.05, 0.1) is 6.10 Å². The number of nitrogens with one attached hydrogen (secondary N) is 2. The maximum absolute atomic E-state index is 12.2. The van der Waals surface area contributed by atoms with Crippen LogP contribution in [0.5, 0.6) is 0 Å². The van der Waals surface area contributed by atoms with Gasteiger partial charge in [0.1, 0.15) is 18.1 Å². The zero-order valence-electron chi connectivity index (χ0n) is 12.5. The lowest BCUT2D eigenvalue weighted by Gasteiger charge is -2.13. The number of ether oxygens (including phenoxy) is 1. The molecule has 7 nitrogen and oxygen atoms in total. The maximum Gasteiger partial charge on any atom is 0.270 e. The van der Waals surface area contributed by atoms with Gasteiger partial charge in [-0.3, -0.25) is 14.9 Å². The quantitative estimate of drug-likeness (QED) is 0.871. The van der Waals surface area contributed by atoms with E-state index in [0.717, 1.165) is 30.7 Å². The normalized spacial score (nSPS) is 21.0. The van der Waals surface area contributed by atoms with E-state index in [1.54, 1.807) is 6.20 Å². The first kappa shape index (κ1) is 14.6. The second kappa shape index (κ2) is 6.65. The molecule has 2 N–H and O–H groups in total. The molecule has 0 bridgehead atoms. The molecule has 0 aliphatic carbocycles. The molecular formula is C15H19N5O2. The second-order valence-corrected chi connectivity index (χ2v) is 5.27. The zero-order valence-corrected chi connectivity index (χ0v) is 12.5. The van der Waals surface area contributed by atoms with Crippen LogP contribution in [0, 0.1) is 0 Å². The summed E-state index contributed by atoms with van der Waals surface area (Å²) in [5.74, 6) is 0.594. The first-order valence-corrected chi connectivity index (χ1v) is 7.50. The van der Waals surface area contributed by atoms with Crippen LogP contribution < -0.4 is 5.32 Å². The molecule has 0 radical (unpaired) electrons. The Balaban J connectivity index is 1.54. The Kier molecular flexibility index (Phi) is 4.43. The first-order valence-electron chi connectivity index (χ1n) is 7.50. The fraction of sp³-hybridized carbons (Fsp3) is 0.467. The molecule has 0 saturated carbocycles. The van der Waals surface area contributed by atoms with E-state index in [1.165, 1.54) is 6.33 Å². The van der Waals surface area contributed by atoms with E-state index in [4.69, 9.17) is 4.74 Å². The number of aromatic amines is 1. The van der Waals surface area contributed by atoms with Gasteiger partial charge in [0.2, 0.25) is 0 Å². The van der Waals surface area contributed by atoms with E-state index in [0.29, 0.717) is 12.2 Å². The molecule has 3 rings (SSSR count). The summed E-state index contributed by atoms with van der Waals surface area (Å²) in [7, 11) is 0. The molecule has 0 unspecified atom stereocenters. The SMILES string of the molecule is CCc1cccnc1C(=O)NC[C@H]1CC[C@@H](c2ncn[nH]2)O1. The highest BCUT2D eigenvalue weighted by Gasteiger charge is 2.28. The predicted octanol–water partition coefficient (Wildman–Crippen LogP) is 1.41. The van der Waals surface area contributed by atoms with E-state index < -0.39 is 0 Å². The molecular weight excluding hydrogens is 282 g/mol. The average molecular weight is 301 g/mol. The van der Waals surface area contributed by atoms with Crippen LogP contribution in [0.25, 0.3) is 0 Å². The van der Waals surface area contributed by atoms with Crippen molar-refractivity contribution >= 4 is 5.91 Å². The lowest BCUT2D eigenvalue weighted by atomic mass is 10.1. The van der Waals surface area contributed by atoms with Crippen LogP contribution >= 0.6 is 0 Å². The van der Waals surface area contributed by atoms with Crippen molar-refractivity contribution in [3.05, 3.63) is 41.7 Å². The molecule has 2 aromatic heterocycles. The van der Waals surface area contributed by atoms with Gasteiger partial charge in [-0.15, -0.1) is 0 Å². The number of rotatable bonds is 5. The summed E-state index contributed by atoms with van der Waals surface area (Å²) >= 11 is 0. The topological polar surface area (TPSA) is 92.8 Å². The number of amides is 1. The molecule has 1 aliphatic rings. The monoisotopic (exact) mass is 301 g/mol. The van der Waals surface area contributed by atoms with Crippen molar-refractivity contribution in [1.29, 1.82) is 0 Å². The zero-order chi connectivity index (χ0) is 15.4. The summed E-state index contributed by atoms with van der Waals surface area (Å²) in [6.45, 7) is 2.49. The lowest BCUT2D eigenvalue weighted by molar-refractivity contribution is 0.0392. The van der Waals surface area contributed by atoms with Crippen molar-refractivity contribution in [3.63, 3.8) is 0 Å². The Bertz CT molecular complexity index is 629. The van der Waals surface area contributed by atoms with Crippen molar-refractivity contribution in [3.8, 4) is 0 Å². The van der Waals surface area contributed by atoms with Gasteiger partial charge in [-0.25, -0.2) is 4.98 Å². The van der Waals surface area contributed by atoms with Gasteiger partial charge < -0.3 is 10.1 Å². The summed E-state index contributed by atoms with van der Waals surface area (Å²) in [4.78, 5) is 20.5. The van der Waals surface area contributed by atoms with E-state index in [9.17, 15) is 4.79 Å². The molecule has 116 valence electrons. The predicted molar refractivity (Wildman–Crippen MR) is 79.2 cm³/mol. The molecule has 22 heavy (non-hydrogen) atoms. The summed E-state index contributed by atoms with van der Waals surface area (Å²) in [6, 6.07) is 3.77. The summed E-state index contributed by atoms with van der Waals surface area (Å²) in [5, 5.41) is 9.56. The minimum Gasteiger partial charge on any atom is -0.365 e. The number of pyridine rings is 1. The van der Waals surface area contributed by atoms with Gasteiger partial charge in [0, 0.05) is 12.7 Å². The minimum absolute atomic E-state index is 0.00663. The molecule has 1 fully saturated rings. The van der Waals surface area contributed by atoms with E-state index in [1.807, 2.05) is 19.1 Å². The van der Waals surface area contributed by atoms with Crippen molar-refractivity contribution in [2.45, 2.75) is 38.4 Å².